The number of carboxylic acid groups (broad SMARTS) is 1. The van der Waals surface area contributed by atoms with Gasteiger partial charge in [0.25, 0.3) is 0 Å². The molecule has 5 heteroatoms. The van der Waals surface area contributed by atoms with Gasteiger partial charge in [0.2, 0.25) is 0 Å². The second-order valence-electron chi connectivity index (χ2n) is 3.85. The zero-order valence-electron chi connectivity index (χ0n) is 9.73. The van der Waals surface area contributed by atoms with Gasteiger partial charge in [-0.1, -0.05) is 23.7 Å². The van der Waals surface area contributed by atoms with E-state index in [4.69, 9.17) is 16.3 Å². The molecule has 0 unspecified atom stereocenters. The van der Waals surface area contributed by atoms with Crippen molar-refractivity contribution in [1.29, 1.82) is 0 Å². The zero-order valence-corrected chi connectivity index (χ0v) is 10.5. The van der Waals surface area contributed by atoms with Crippen LogP contribution in [0, 0.1) is 5.82 Å². The molecule has 0 spiro atoms. The van der Waals surface area contributed by atoms with Crippen LogP contribution in [0.25, 0.3) is 0 Å². The molecule has 0 aromatic heterocycles. The van der Waals surface area contributed by atoms with Gasteiger partial charge in [-0.15, -0.1) is 0 Å². The van der Waals surface area contributed by atoms with E-state index in [1.807, 2.05) is 0 Å². The fraction of sp³-hybridized carbons (Fsp3) is 0.0714. The van der Waals surface area contributed by atoms with E-state index in [0.717, 1.165) is 5.56 Å². The van der Waals surface area contributed by atoms with Crippen LogP contribution in [0.5, 0.6) is 5.75 Å². The minimum Gasteiger partial charge on any atom is -0.545 e. The quantitative estimate of drug-likeness (QED) is 0.863. The minimum atomic E-state index is -1.30. The number of ether oxygens (including phenoxy) is 1. The molecule has 0 aliphatic heterocycles. The molecule has 3 nitrogen and oxygen atoms in total. The van der Waals surface area contributed by atoms with Crippen LogP contribution < -0.4 is 9.84 Å². The highest BCUT2D eigenvalue weighted by atomic mass is 35.5. The average Bonchev–Trinajstić information content (AvgIpc) is 2.39. The van der Waals surface area contributed by atoms with Crippen molar-refractivity contribution in [2.24, 2.45) is 0 Å². The van der Waals surface area contributed by atoms with Gasteiger partial charge in [0.05, 0.1) is 11.0 Å². The third-order valence-corrected chi connectivity index (χ3v) is 2.77. The van der Waals surface area contributed by atoms with Crippen LogP contribution in [0.1, 0.15) is 15.9 Å². The maximum absolute atomic E-state index is 12.7. The summed E-state index contributed by atoms with van der Waals surface area (Å²) in [6.45, 7) is 0.213. The lowest BCUT2D eigenvalue weighted by atomic mass is 10.2. The molecule has 0 bridgehead atoms. The Hall–Kier alpha value is -2.07. The Morgan fingerprint density at radius 2 is 1.89 bits per heavy atom. The highest BCUT2D eigenvalue weighted by molar-refractivity contribution is 6.32. The van der Waals surface area contributed by atoms with E-state index in [9.17, 15) is 14.3 Å². The van der Waals surface area contributed by atoms with E-state index in [0.29, 0.717) is 5.75 Å². The maximum atomic E-state index is 12.7. The molecule has 0 amide bonds. The number of carbonyl (C=O) groups is 1. The van der Waals surface area contributed by atoms with Gasteiger partial charge in [0.1, 0.15) is 18.2 Å². The van der Waals surface area contributed by atoms with Gasteiger partial charge in [-0.25, -0.2) is 4.39 Å². The summed E-state index contributed by atoms with van der Waals surface area (Å²) in [6, 6.07) is 9.92. The van der Waals surface area contributed by atoms with E-state index >= 15 is 0 Å². The summed E-state index contributed by atoms with van der Waals surface area (Å²) in [5, 5.41) is 10.8. The lowest BCUT2D eigenvalue weighted by molar-refractivity contribution is -0.255. The first-order valence-electron chi connectivity index (χ1n) is 5.44. The molecule has 0 aliphatic rings. The molecule has 19 heavy (non-hydrogen) atoms. The summed E-state index contributed by atoms with van der Waals surface area (Å²) in [5.41, 5.74) is 0.764. The molecule has 2 aromatic carbocycles. The summed E-state index contributed by atoms with van der Waals surface area (Å²) in [7, 11) is 0. The Bertz CT molecular complexity index is 596. The van der Waals surface area contributed by atoms with Crippen LogP contribution in [0.2, 0.25) is 5.02 Å². The van der Waals surface area contributed by atoms with Gasteiger partial charge in [-0.05, 0) is 41.5 Å². The number of halogens is 2. The SMILES string of the molecule is O=C([O-])c1ccc(OCc2ccc(F)cc2)c(Cl)c1. The third-order valence-electron chi connectivity index (χ3n) is 2.48. The van der Waals surface area contributed by atoms with E-state index in [2.05, 4.69) is 0 Å². The normalized spacial score (nSPS) is 10.2. The molecule has 0 heterocycles. The Kier molecular flexibility index (Phi) is 4.02. The summed E-state index contributed by atoms with van der Waals surface area (Å²) >= 11 is 5.89. The Labute approximate surface area is 114 Å². The average molecular weight is 280 g/mol. The van der Waals surface area contributed by atoms with E-state index in [1.54, 1.807) is 12.1 Å². The van der Waals surface area contributed by atoms with Gasteiger partial charge >= 0.3 is 0 Å². The minimum absolute atomic E-state index is 0.0147. The molecule has 98 valence electrons. The standard InChI is InChI=1S/C14H10ClFO3/c15-12-7-10(14(17)18)3-6-13(12)19-8-9-1-4-11(16)5-2-9/h1-7H,8H2,(H,17,18)/p-1. The number of aromatic carboxylic acids is 1. The lowest BCUT2D eigenvalue weighted by Crippen LogP contribution is -2.22. The highest BCUT2D eigenvalue weighted by Gasteiger charge is 2.04. The summed E-state index contributed by atoms with van der Waals surface area (Å²) in [4.78, 5) is 10.6. The molecular weight excluding hydrogens is 271 g/mol. The van der Waals surface area contributed by atoms with E-state index in [-0.39, 0.29) is 23.0 Å². The van der Waals surface area contributed by atoms with E-state index < -0.39 is 5.97 Å². The predicted octanol–water partition coefficient (Wildman–Crippen LogP) is 2.42. The number of rotatable bonds is 4. The molecule has 0 saturated carbocycles. The van der Waals surface area contributed by atoms with Crippen molar-refractivity contribution < 1.29 is 19.0 Å². The molecule has 2 rings (SSSR count). The lowest BCUT2D eigenvalue weighted by Gasteiger charge is -2.10. The van der Waals surface area contributed by atoms with Crippen molar-refractivity contribution in [2.75, 3.05) is 0 Å². The van der Waals surface area contributed by atoms with Crippen molar-refractivity contribution in [3.05, 3.63) is 64.4 Å². The van der Waals surface area contributed by atoms with Gasteiger partial charge in [0, 0.05) is 0 Å². The summed E-state index contributed by atoms with van der Waals surface area (Å²) in [5.74, 6) is -1.26. The predicted molar refractivity (Wildman–Crippen MR) is 66.5 cm³/mol. The Morgan fingerprint density at radius 1 is 1.21 bits per heavy atom. The summed E-state index contributed by atoms with van der Waals surface area (Å²) < 4.78 is 18.1. The first-order chi connectivity index (χ1) is 9.06. The van der Waals surface area contributed by atoms with Crippen molar-refractivity contribution in [1.82, 2.24) is 0 Å². The van der Waals surface area contributed by atoms with Crippen molar-refractivity contribution in [3.63, 3.8) is 0 Å². The fourth-order valence-electron chi connectivity index (χ4n) is 1.49. The van der Waals surface area contributed by atoms with Crippen LogP contribution in [-0.2, 0) is 6.61 Å². The number of carbonyl (C=O) groups excluding carboxylic acids is 1. The molecule has 0 N–H and O–H groups in total. The highest BCUT2D eigenvalue weighted by Crippen LogP contribution is 2.26. The first kappa shape index (κ1) is 13.4. The Balaban J connectivity index is 2.07. The first-order valence-corrected chi connectivity index (χ1v) is 5.82. The second-order valence-corrected chi connectivity index (χ2v) is 4.26. The molecule has 0 radical (unpaired) electrons. The van der Waals surface area contributed by atoms with Crippen molar-refractivity contribution in [2.45, 2.75) is 6.61 Å². The second kappa shape index (κ2) is 5.71. The van der Waals surface area contributed by atoms with Crippen LogP contribution in [0.15, 0.2) is 42.5 Å². The van der Waals surface area contributed by atoms with Gasteiger partial charge < -0.3 is 14.6 Å². The molecule has 0 atom stereocenters. The van der Waals surface area contributed by atoms with Crippen LogP contribution in [0.3, 0.4) is 0 Å². The molecule has 2 aromatic rings. The van der Waals surface area contributed by atoms with Gasteiger partial charge in [-0.2, -0.15) is 0 Å². The smallest absolute Gasteiger partial charge is 0.138 e. The van der Waals surface area contributed by atoms with Crippen LogP contribution >= 0.6 is 11.6 Å². The van der Waals surface area contributed by atoms with Crippen LogP contribution in [0.4, 0.5) is 4.39 Å². The third kappa shape index (κ3) is 3.45. The monoisotopic (exact) mass is 279 g/mol. The van der Waals surface area contributed by atoms with Crippen molar-refractivity contribution >= 4 is 17.6 Å². The largest absolute Gasteiger partial charge is 0.545 e. The molecule has 0 aliphatic carbocycles. The van der Waals surface area contributed by atoms with E-state index in [1.165, 1.54) is 30.3 Å². The van der Waals surface area contributed by atoms with Crippen LogP contribution in [-0.4, -0.2) is 5.97 Å². The Morgan fingerprint density at radius 3 is 2.47 bits per heavy atom. The van der Waals surface area contributed by atoms with Gasteiger partial charge in [0.15, 0.2) is 0 Å². The molecule has 0 saturated heterocycles. The van der Waals surface area contributed by atoms with Gasteiger partial charge in [-0.3, -0.25) is 0 Å². The number of benzene rings is 2. The fourth-order valence-corrected chi connectivity index (χ4v) is 1.72. The zero-order chi connectivity index (χ0) is 13.8. The molecular formula is C14H9ClFO3-. The topological polar surface area (TPSA) is 49.4 Å². The number of hydrogen-bond donors (Lipinski definition) is 0. The van der Waals surface area contributed by atoms with Crippen molar-refractivity contribution in [3.8, 4) is 5.75 Å². The maximum Gasteiger partial charge on any atom is 0.138 e. The number of carboxylic acids is 1. The molecule has 0 fully saturated rings. The summed E-state index contributed by atoms with van der Waals surface area (Å²) in [6.07, 6.45) is 0. The number of hydrogen-bond acceptors (Lipinski definition) is 3.